The van der Waals surface area contributed by atoms with E-state index in [1.807, 2.05) is 26.0 Å². The van der Waals surface area contributed by atoms with Crippen LogP contribution in [0.3, 0.4) is 0 Å². The van der Waals surface area contributed by atoms with Gasteiger partial charge in [0, 0.05) is 12.5 Å². The van der Waals surface area contributed by atoms with E-state index in [9.17, 15) is 5.11 Å². The summed E-state index contributed by atoms with van der Waals surface area (Å²) in [5, 5.41) is 9.52. The van der Waals surface area contributed by atoms with Crippen molar-refractivity contribution in [2.45, 2.75) is 25.9 Å². The van der Waals surface area contributed by atoms with Gasteiger partial charge in [-0.3, -0.25) is 0 Å². The molecular weight excluding hydrogens is 232 g/mol. The summed E-state index contributed by atoms with van der Waals surface area (Å²) in [6, 6.07) is 3.80. The van der Waals surface area contributed by atoms with Gasteiger partial charge in [0.05, 0.1) is 27.4 Å². The molecule has 0 bridgehead atoms. The normalized spacial score (nSPS) is 11.4. The lowest BCUT2D eigenvalue weighted by atomic mass is 9.82. The maximum absolute atomic E-state index is 9.52. The highest BCUT2D eigenvalue weighted by atomic mass is 16.5. The molecule has 0 aromatic heterocycles. The molecule has 0 heterocycles. The summed E-state index contributed by atoms with van der Waals surface area (Å²) < 4.78 is 15.8. The van der Waals surface area contributed by atoms with Crippen LogP contribution < -0.4 is 9.47 Å². The molecule has 0 aliphatic carbocycles. The van der Waals surface area contributed by atoms with Gasteiger partial charge in [0.25, 0.3) is 0 Å². The van der Waals surface area contributed by atoms with Gasteiger partial charge < -0.3 is 19.3 Å². The van der Waals surface area contributed by atoms with Crippen molar-refractivity contribution in [3.05, 3.63) is 23.3 Å². The quantitative estimate of drug-likeness (QED) is 0.844. The third-order valence-electron chi connectivity index (χ3n) is 3.03. The lowest BCUT2D eigenvalue weighted by Gasteiger charge is -2.26. The maximum Gasteiger partial charge on any atom is 0.161 e. The number of methoxy groups -OCH3 is 3. The van der Waals surface area contributed by atoms with Crippen molar-refractivity contribution in [3.63, 3.8) is 0 Å². The Bertz CT molecular complexity index is 399. The van der Waals surface area contributed by atoms with Crippen LogP contribution in [0.4, 0.5) is 0 Å². The molecule has 1 aromatic rings. The van der Waals surface area contributed by atoms with Gasteiger partial charge in [-0.05, 0) is 23.3 Å². The van der Waals surface area contributed by atoms with Gasteiger partial charge in [0.2, 0.25) is 0 Å². The minimum atomic E-state index is -0.354. The third-order valence-corrected chi connectivity index (χ3v) is 3.03. The molecule has 4 heteroatoms. The van der Waals surface area contributed by atoms with Crippen LogP contribution in [0, 0.1) is 0 Å². The van der Waals surface area contributed by atoms with E-state index in [0.29, 0.717) is 18.1 Å². The molecule has 1 aromatic carbocycles. The maximum atomic E-state index is 9.52. The van der Waals surface area contributed by atoms with Crippen molar-refractivity contribution in [2.75, 3.05) is 27.9 Å². The zero-order chi connectivity index (χ0) is 13.8. The van der Waals surface area contributed by atoms with Gasteiger partial charge in [0.1, 0.15) is 0 Å². The predicted molar refractivity (Wildman–Crippen MR) is 70.4 cm³/mol. The van der Waals surface area contributed by atoms with E-state index in [0.717, 1.165) is 11.1 Å². The Balaban J connectivity index is 3.37. The molecule has 18 heavy (non-hydrogen) atoms. The largest absolute Gasteiger partial charge is 0.493 e. The number of hydrogen-bond acceptors (Lipinski definition) is 4. The highest BCUT2D eigenvalue weighted by Crippen LogP contribution is 2.36. The van der Waals surface area contributed by atoms with E-state index < -0.39 is 0 Å². The van der Waals surface area contributed by atoms with Crippen LogP contribution in [0.1, 0.15) is 25.0 Å². The zero-order valence-electron chi connectivity index (χ0n) is 11.7. The molecule has 0 aliphatic rings. The van der Waals surface area contributed by atoms with E-state index in [2.05, 4.69) is 0 Å². The SMILES string of the molecule is COCc1cc(OC)c(OC)cc1C(C)(C)CO. The minimum absolute atomic E-state index is 0.0548. The molecule has 0 atom stereocenters. The highest BCUT2D eigenvalue weighted by molar-refractivity contribution is 5.49. The Kier molecular flexibility index (Phi) is 4.99. The number of aliphatic hydroxyl groups is 1. The van der Waals surface area contributed by atoms with Gasteiger partial charge in [-0.2, -0.15) is 0 Å². The first-order chi connectivity index (χ1) is 8.50. The van der Waals surface area contributed by atoms with Crippen molar-refractivity contribution in [3.8, 4) is 11.5 Å². The molecule has 0 amide bonds. The van der Waals surface area contributed by atoms with Crippen LogP contribution in [0.15, 0.2) is 12.1 Å². The first kappa shape index (κ1) is 14.8. The summed E-state index contributed by atoms with van der Waals surface area (Å²) in [4.78, 5) is 0. The predicted octanol–water partition coefficient (Wildman–Crippen LogP) is 2.12. The summed E-state index contributed by atoms with van der Waals surface area (Å²) in [7, 11) is 4.85. The van der Waals surface area contributed by atoms with Gasteiger partial charge in [-0.1, -0.05) is 13.8 Å². The fourth-order valence-electron chi connectivity index (χ4n) is 1.91. The fourth-order valence-corrected chi connectivity index (χ4v) is 1.91. The van der Waals surface area contributed by atoms with Crippen LogP contribution in [-0.4, -0.2) is 33.0 Å². The first-order valence-electron chi connectivity index (χ1n) is 5.85. The Morgan fingerprint density at radius 1 is 1.06 bits per heavy atom. The van der Waals surface area contributed by atoms with E-state index in [-0.39, 0.29) is 12.0 Å². The molecule has 0 fully saturated rings. The summed E-state index contributed by atoms with van der Waals surface area (Å²) in [5.41, 5.74) is 1.65. The molecular formula is C14H22O4. The topological polar surface area (TPSA) is 47.9 Å². The molecule has 0 aliphatic heterocycles. The molecule has 0 spiro atoms. The Labute approximate surface area is 108 Å². The van der Waals surface area contributed by atoms with E-state index >= 15 is 0 Å². The minimum Gasteiger partial charge on any atom is -0.493 e. The number of benzene rings is 1. The summed E-state index contributed by atoms with van der Waals surface area (Å²) in [6.45, 7) is 4.49. The Morgan fingerprint density at radius 3 is 2.06 bits per heavy atom. The molecule has 1 rings (SSSR count). The number of aliphatic hydroxyl groups excluding tert-OH is 1. The van der Waals surface area contributed by atoms with Crippen molar-refractivity contribution < 1.29 is 19.3 Å². The van der Waals surface area contributed by atoms with Gasteiger partial charge in [-0.15, -0.1) is 0 Å². The Hall–Kier alpha value is -1.26. The second-order valence-electron chi connectivity index (χ2n) is 4.84. The molecule has 0 saturated heterocycles. The van der Waals surface area contributed by atoms with Crippen molar-refractivity contribution in [1.82, 2.24) is 0 Å². The molecule has 102 valence electrons. The van der Waals surface area contributed by atoms with E-state index in [1.165, 1.54) is 0 Å². The highest BCUT2D eigenvalue weighted by Gasteiger charge is 2.25. The molecule has 4 nitrogen and oxygen atoms in total. The lowest BCUT2D eigenvalue weighted by molar-refractivity contribution is 0.177. The number of hydrogen-bond donors (Lipinski definition) is 1. The number of ether oxygens (including phenoxy) is 3. The third kappa shape index (κ3) is 2.94. The second kappa shape index (κ2) is 6.07. The second-order valence-corrected chi connectivity index (χ2v) is 4.84. The van der Waals surface area contributed by atoms with Crippen LogP contribution in [0.5, 0.6) is 11.5 Å². The zero-order valence-corrected chi connectivity index (χ0v) is 11.7. The Morgan fingerprint density at radius 2 is 1.61 bits per heavy atom. The van der Waals surface area contributed by atoms with Crippen molar-refractivity contribution in [1.29, 1.82) is 0 Å². The summed E-state index contributed by atoms with van der Waals surface area (Å²) in [6.07, 6.45) is 0. The van der Waals surface area contributed by atoms with Crippen LogP contribution in [0.2, 0.25) is 0 Å². The summed E-state index contributed by atoms with van der Waals surface area (Å²) in [5.74, 6) is 1.33. The smallest absolute Gasteiger partial charge is 0.161 e. The molecule has 0 unspecified atom stereocenters. The average molecular weight is 254 g/mol. The molecule has 0 saturated carbocycles. The average Bonchev–Trinajstić information content (AvgIpc) is 2.38. The van der Waals surface area contributed by atoms with E-state index in [1.54, 1.807) is 21.3 Å². The molecule has 1 N–H and O–H groups in total. The van der Waals surface area contributed by atoms with Crippen molar-refractivity contribution in [2.24, 2.45) is 0 Å². The van der Waals surface area contributed by atoms with Crippen molar-refractivity contribution >= 4 is 0 Å². The van der Waals surface area contributed by atoms with Gasteiger partial charge in [-0.25, -0.2) is 0 Å². The fraction of sp³-hybridized carbons (Fsp3) is 0.571. The lowest BCUT2D eigenvalue weighted by Crippen LogP contribution is -2.24. The standard InChI is InChI=1S/C14H22O4/c1-14(2,9-15)11-7-13(18-5)12(17-4)6-10(11)8-16-3/h6-7,15H,8-9H2,1-5H3. The molecule has 0 radical (unpaired) electrons. The van der Waals surface area contributed by atoms with Crippen LogP contribution in [0.25, 0.3) is 0 Å². The van der Waals surface area contributed by atoms with Gasteiger partial charge in [0.15, 0.2) is 11.5 Å². The van der Waals surface area contributed by atoms with Gasteiger partial charge >= 0.3 is 0 Å². The van der Waals surface area contributed by atoms with Crippen LogP contribution >= 0.6 is 0 Å². The van der Waals surface area contributed by atoms with E-state index in [4.69, 9.17) is 14.2 Å². The monoisotopic (exact) mass is 254 g/mol. The van der Waals surface area contributed by atoms with Crippen LogP contribution in [-0.2, 0) is 16.8 Å². The first-order valence-corrected chi connectivity index (χ1v) is 5.85. The number of rotatable bonds is 6. The summed E-state index contributed by atoms with van der Waals surface area (Å²) >= 11 is 0.